The van der Waals surface area contributed by atoms with Crippen LogP contribution in [0.2, 0.25) is 0 Å². The smallest absolute Gasteiger partial charge is 0.308 e. The van der Waals surface area contributed by atoms with E-state index >= 15 is 0 Å². The third-order valence-electron chi connectivity index (χ3n) is 5.18. The van der Waals surface area contributed by atoms with E-state index in [-0.39, 0.29) is 18.3 Å². The van der Waals surface area contributed by atoms with Crippen molar-refractivity contribution in [3.63, 3.8) is 0 Å². The third-order valence-corrected chi connectivity index (χ3v) is 5.18. The van der Waals surface area contributed by atoms with Gasteiger partial charge in [-0.2, -0.15) is 0 Å². The van der Waals surface area contributed by atoms with Gasteiger partial charge in [-0.1, -0.05) is 24.3 Å². The highest BCUT2D eigenvalue weighted by Gasteiger charge is 2.09. The van der Waals surface area contributed by atoms with Crippen molar-refractivity contribution >= 4 is 23.6 Å². The highest BCUT2D eigenvalue weighted by Crippen LogP contribution is 2.29. The Morgan fingerprint density at radius 3 is 2.56 bits per heavy atom. The molecular formula is C28H25N3O5. The summed E-state index contributed by atoms with van der Waals surface area (Å²) in [5, 5.41) is 2.89. The van der Waals surface area contributed by atoms with Crippen LogP contribution in [0.25, 0.3) is 11.8 Å². The number of nitrogens with zero attached hydrogens (tertiary/aromatic N) is 2. The molecule has 4 rings (SSSR count). The number of para-hydroxylation sites is 1. The van der Waals surface area contributed by atoms with Crippen LogP contribution in [-0.2, 0) is 16.2 Å². The quantitative estimate of drug-likeness (QED) is 0.204. The third kappa shape index (κ3) is 6.38. The molecule has 4 aromatic rings. The molecule has 1 heterocycles. The maximum absolute atomic E-state index is 12.6. The molecule has 182 valence electrons. The molecule has 0 spiro atoms. The van der Waals surface area contributed by atoms with Crippen molar-refractivity contribution in [2.75, 3.05) is 12.4 Å². The Kier molecular flexibility index (Phi) is 7.77. The second-order valence-electron chi connectivity index (χ2n) is 7.74. The number of ether oxygens (including phenoxy) is 3. The SMILES string of the molecule is COc1ccc(C=CC(=O)Nc2ccccc2COc2ccc(-n3ccnc3)cc2)cc1OC(C)=O. The lowest BCUT2D eigenvalue weighted by Gasteiger charge is -2.12. The fourth-order valence-corrected chi connectivity index (χ4v) is 3.43. The lowest BCUT2D eigenvalue weighted by atomic mass is 10.1. The fraction of sp³-hybridized carbons (Fsp3) is 0.107. The van der Waals surface area contributed by atoms with Gasteiger partial charge in [0, 0.05) is 42.3 Å². The van der Waals surface area contributed by atoms with Gasteiger partial charge in [-0.15, -0.1) is 0 Å². The first kappa shape index (κ1) is 24.3. The number of aromatic nitrogens is 2. The number of rotatable bonds is 9. The second-order valence-corrected chi connectivity index (χ2v) is 7.74. The van der Waals surface area contributed by atoms with E-state index < -0.39 is 5.97 Å². The van der Waals surface area contributed by atoms with Gasteiger partial charge in [-0.05, 0) is 54.1 Å². The monoisotopic (exact) mass is 483 g/mol. The number of carbonyl (C=O) groups is 2. The minimum atomic E-state index is -0.458. The zero-order chi connectivity index (χ0) is 25.3. The van der Waals surface area contributed by atoms with Gasteiger partial charge in [-0.25, -0.2) is 4.98 Å². The molecule has 1 amide bonds. The highest BCUT2D eigenvalue weighted by molar-refractivity contribution is 6.02. The standard InChI is InChI=1S/C28H25N3O5/c1-20(32)36-27-17-21(7-13-26(27)34-2)8-14-28(33)30-25-6-4-3-5-22(25)18-35-24-11-9-23(10-12-24)31-16-15-29-19-31/h3-17,19H,18H2,1-2H3,(H,30,33). The molecule has 0 radical (unpaired) electrons. The summed E-state index contributed by atoms with van der Waals surface area (Å²) < 4.78 is 18.2. The summed E-state index contributed by atoms with van der Waals surface area (Å²) in [6.07, 6.45) is 8.37. The minimum absolute atomic E-state index is 0.285. The largest absolute Gasteiger partial charge is 0.493 e. The number of nitrogens with one attached hydrogen (secondary N) is 1. The molecule has 8 nitrogen and oxygen atoms in total. The predicted molar refractivity (Wildman–Crippen MR) is 136 cm³/mol. The van der Waals surface area contributed by atoms with Crippen LogP contribution >= 0.6 is 0 Å². The van der Waals surface area contributed by atoms with Gasteiger partial charge < -0.3 is 24.1 Å². The number of carbonyl (C=O) groups excluding carboxylic acids is 2. The van der Waals surface area contributed by atoms with Gasteiger partial charge in [0.25, 0.3) is 0 Å². The Labute approximate surface area is 208 Å². The van der Waals surface area contributed by atoms with Crippen LogP contribution in [0.3, 0.4) is 0 Å². The summed E-state index contributed by atoms with van der Waals surface area (Å²) in [5.74, 6) is 0.658. The molecule has 0 aliphatic rings. The van der Waals surface area contributed by atoms with Gasteiger partial charge in [0.05, 0.1) is 13.4 Å². The van der Waals surface area contributed by atoms with Crippen LogP contribution in [-0.4, -0.2) is 28.5 Å². The number of imidazole rings is 1. The topological polar surface area (TPSA) is 91.7 Å². The Morgan fingerprint density at radius 1 is 1.03 bits per heavy atom. The molecule has 0 saturated carbocycles. The van der Waals surface area contributed by atoms with Crippen LogP contribution in [0.15, 0.2) is 91.5 Å². The molecule has 3 aromatic carbocycles. The molecule has 0 bridgehead atoms. The number of amides is 1. The first-order valence-electron chi connectivity index (χ1n) is 11.2. The van der Waals surface area contributed by atoms with E-state index in [0.29, 0.717) is 22.7 Å². The number of hydrogen-bond acceptors (Lipinski definition) is 6. The van der Waals surface area contributed by atoms with E-state index in [4.69, 9.17) is 14.2 Å². The zero-order valence-corrected chi connectivity index (χ0v) is 19.9. The summed E-state index contributed by atoms with van der Waals surface area (Å²) in [6, 6.07) is 20.2. The van der Waals surface area contributed by atoms with Crippen LogP contribution in [0, 0.1) is 0 Å². The summed E-state index contributed by atoms with van der Waals surface area (Å²) in [4.78, 5) is 28.0. The Hall–Kier alpha value is -4.85. The number of methoxy groups -OCH3 is 1. The van der Waals surface area contributed by atoms with Gasteiger partial charge in [0.2, 0.25) is 5.91 Å². The van der Waals surface area contributed by atoms with Gasteiger partial charge in [-0.3, -0.25) is 9.59 Å². The number of hydrogen-bond donors (Lipinski definition) is 1. The van der Waals surface area contributed by atoms with Crippen LogP contribution in [0.4, 0.5) is 5.69 Å². The molecule has 0 unspecified atom stereocenters. The van der Waals surface area contributed by atoms with E-state index in [2.05, 4.69) is 10.3 Å². The average molecular weight is 484 g/mol. The Morgan fingerprint density at radius 2 is 1.83 bits per heavy atom. The van der Waals surface area contributed by atoms with E-state index in [0.717, 1.165) is 11.3 Å². The predicted octanol–water partition coefficient (Wildman–Crippen LogP) is 5.04. The van der Waals surface area contributed by atoms with E-state index in [9.17, 15) is 9.59 Å². The summed E-state index contributed by atoms with van der Waals surface area (Å²) >= 11 is 0. The van der Waals surface area contributed by atoms with Crippen molar-refractivity contribution in [2.24, 2.45) is 0 Å². The fourth-order valence-electron chi connectivity index (χ4n) is 3.43. The number of benzene rings is 3. The van der Waals surface area contributed by atoms with Crippen molar-refractivity contribution in [1.82, 2.24) is 9.55 Å². The van der Waals surface area contributed by atoms with Crippen LogP contribution in [0.5, 0.6) is 17.2 Å². The molecule has 36 heavy (non-hydrogen) atoms. The molecular weight excluding hydrogens is 458 g/mol. The first-order valence-corrected chi connectivity index (χ1v) is 11.2. The van der Waals surface area contributed by atoms with Crippen molar-refractivity contribution < 1.29 is 23.8 Å². The summed E-state index contributed by atoms with van der Waals surface area (Å²) in [5.41, 5.74) is 3.14. The maximum atomic E-state index is 12.6. The Balaban J connectivity index is 1.39. The van der Waals surface area contributed by atoms with Gasteiger partial charge >= 0.3 is 5.97 Å². The van der Waals surface area contributed by atoms with Crippen LogP contribution in [0.1, 0.15) is 18.1 Å². The van der Waals surface area contributed by atoms with Crippen molar-refractivity contribution in [3.8, 4) is 22.9 Å². The molecule has 0 aliphatic heterocycles. The summed E-state index contributed by atoms with van der Waals surface area (Å²) in [6.45, 7) is 1.60. The zero-order valence-electron chi connectivity index (χ0n) is 19.9. The second kappa shape index (κ2) is 11.5. The van der Waals surface area contributed by atoms with E-state index in [1.165, 1.54) is 20.1 Å². The number of anilines is 1. The molecule has 1 N–H and O–H groups in total. The van der Waals surface area contributed by atoms with Crippen molar-refractivity contribution in [3.05, 3.63) is 103 Å². The summed E-state index contributed by atoms with van der Waals surface area (Å²) in [7, 11) is 1.49. The maximum Gasteiger partial charge on any atom is 0.308 e. The van der Waals surface area contributed by atoms with Gasteiger partial charge in [0.1, 0.15) is 12.4 Å². The Bertz CT molecular complexity index is 1360. The normalized spacial score (nSPS) is 10.7. The van der Waals surface area contributed by atoms with Crippen molar-refractivity contribution in [1.29, 1.82) is 0 Å². The van der Waals surface area contributed by atoms with Gasteiger partial charge in [0.15, 0.2) is 11.5 Å². The lowest BCUT2D eigenvalue weighted by molar-refractivity contribution is -0.132. The highest BCUT2D eigenvalue weighted by atomic mass is 16.6. The molecule has 1 aromatic heterocycles. The molecule has 8 heteroatoms. The van der Waals surface area contributed by atoms with Crippen molar-refractivity contribution in [2.45, 2.75) is 13.5 Å². The lowest BCUT2D eigenvalue weighted by Crippen LogP contribution is -2.10. The van der Waals surface area contributed by atoms with E-state index in [1.54, 1.807) is 36.8 Å². The van der Waals surface area contributed by atoms with Crippen LogP contribution < -0.4 is 19.5 Å². The minimum Gasteiger partial charge on any atom is -0.493 e. The number of esters is 1. The average Bonchev–Trinajstić information content (AvgIpc) is 3.42. The first-order chi connectivity index (χ1) is 17.5. The van der Waals surface area contributed by atoms with E-state index in [1.807, 2.05) is 59.3 Å². The molecule has 0 aliphatic carbocycles. The molecule has 0 saturated heterocycles. The molecule has 0 atom stereocenters. The molecule has 0 fully saturated rings.